The van der Waals surface area contributed by atoms with Gasteiger partial charge in [-0.15, -0.1) is 0 Å². The second-order valence-electron chi connectivity index (χ2n) is 4.24. The molecule has 1 aliphatic rings. The van der Waals surface area contributed by atoms with E-state index in [9.17, 15) is 4.79 Å². The average Bonchev–Trinajstić information content (AvgIpc) is 2.81. The smallest absolute Gasteiger partial charge is 0.167 e. The maximum absolute atomic E-state index is 12.1. The number of rotatable bonds is 3. The molecule has 1 unspecified atom stereocenters. The molecule has 2 rings (SSSR count). The van der Waals surface area contributed by atoms with Gasteiger partial charge in [-0.2, -0.15) is 0 Å². The summed E-state index contributed by atoms with van der Waals surface area (Å²) in [6.07, 6.45) is 0.948. The Morgan fingerprint density at radius 3 is 2.88 bits per heavy atom. The quantitative estimate of drug-likeness (QED) is 0.788. The van der Waals surface area contributed by atoms with Gasteiger partial charge in [-0.3, -0.25) is 4.79 Å². The number of ether oxygens (including phenoxy) is 1. The first kappa shape index (κ1) is 11.1. The Hall–Kier alpha value is -1.35. The summed E-state index contributed by atoms with van der Waals surface area (Å²) < 4.78 is 5.18. The summed E-state index contributed by atoms with van der Waals surface area (Å²) in [7, 11) is 1.64. The van der Waals surface area contributed by atoms with Crippen LogP contribution in [0.25, 0.3) is 0 Å². The summed E-state index contributed by atoms with van der Waals surface area (Å²) in [5, 5.41) is 3.21. The lowest BCUT2D eigenvalue weighted by atomic mass is 9.96. The molecule has 1 aromatic carbocycles. The number of hydrogen-bond acceptors (Lipinski definition) is 3. The molecule has 0 radical (unpaired) electrons. The molecule has 16 heavy (non-hydrogen) atoms. The van der Waals surface area contributed by atoms with Crippen molar-refractivity contribution in [2.75, 3.05) is 20.2 Å². The Labute approximate surface area is 95.8 Å². The van der Waals surface area contributed by atoms with Crippen molar-refractivity contribution in [1.29, 1.82) is 0 Å². The van der Waals surface area contributed by atoms with E-state index in [0.29, 0.717) is 0 Å². The van der Waals surface area contributed by atoms with Gasteiger partial charge in [0, 0.05) is 18.0 Å². The Balaban J connectivity index is 2.20. The van der Waals surface area contributed by atoms with Crippen LogP contribution < -0.4 is 10.1 Å². The first-order valence-electron chi connectivity index (χ1n) is 5.62. The fourth-order valence-electron chi connectivity index (χ4n) is 2.15. The largest absolute Gasteiger partial charge is 0.496 e. The van der Waals surface area contributed by atoms with Crippen LogP contribution in [0.4, 0.5) is 0 Å². The van der Waals surface area contributed by atoms with Crippen LogP contribution in [0.5, 0.6) is 5.75 Å². The number of Topliss-reactive ketones (excluding diaryl/α,β-unsaturated/α-hetero) is 1. The lowest BCUT2D eigenvalue weighted by Gasteiger charge is -2.10. The van der Waals surface area contributed by atoms with E-state index in [2.05, 4.69) is 5.32 Å². The van der Waals surface area contributed by atoms with E-state index in [1.807, 2.05) is 25.1 Å². The van der Waals surface area contributed by atoms with Gasteiger partial charge in [0.05, 0.1) is 7.11 Å². The van der Waals surface area contributed by atoms with Crippen LogP contribution in [0.15, 0.2) is 18.2 Å². The van der Waals surface area contributed by atoms with Gasteiger partial charge in [-0.1, -0.05) is 0 Å². The normalized spacial score (nSPS) is 19.8. The monoisotopic (exact) mass is 219 g/mol. The average molecular weight is 219 g/mol. The molecule has 1 saturated heterocycles. The van der Waals surface area contributed by atoms with Crippen molar-refractivity contribution in [3.8, 4) is 5.75 Å². The van der Waals surface area contributed by atoms with Crippen molar-refractivity contribution in [2.45, 2.75) is 13.3 Å². The summed E-state index contributed by atoms with van der Waals surface area (Å²) in [6.45, 7) is 3.72. The Kier molecular flexibility index (Phi) is 3.25. The molecule has 0 amide bonds. The van der Waals surface area contributed by atoms with E-state index in [1.165, 1.54) is 0 Å². The molecule has 86 valence electrons. The third kappa shape index (κ3) is 2.09. The van der Waals surface area contributed by atoms with Gasteiger partial charge in [-0.25, -0.2) is 0 Å². The number of benzene rings is 1. The van der Waals surface area contributed by atoms with Crippen molar-refractivity contribution >= 4 is 5.78 Å². The summed E-state index contributed by atoms with van der Waals surface area (Å²) in [4.78, 5) is 12.1. The number of carbonyl (C=O) groups is 1. The van der Waals surface area contributed by atoms with Gasteiger partial charge in [0.1, 0.15) is 5.75 Å². The number of carbonyl (C=O) groups excluding carboxylic acids is 1. The third-order valence-electron chi connectivity index (χ3n) is 3.11. The molecular formula is C13H17NO2. The molecule has 0 bridgehead atoms. The van der Waals surface area contributed by atoms with Gasteiger partial charge in [0.2, 0.25) is 0 Å². The van der Waals surface area contributed by atoms with Crippen LogP contribution in [0, 0.1) is 12.8 Å². The molecule has 1 heterocycles. The van der Waals surface area contributed by atoms with Gasteiger partial charge in [-0.05, 0) is 43.7 Å². The van der Waals surface area contributed by atoms with E-state index in [0.717, 1.165) is 36.4 Å². The van der Waals surface area contributed by atoms with Gasteiger partial charge >= 0.3 is 0 Å². The Bertz CT molecular complexity index is 395. The molecule has 1 atom stereocenters. The highest BCUT2D eigenvalue weighted by molar-refractivity contribution is 5.98. The minimum atomic E-state index is 0.146. The van der Waals surface area contributed by atoms with E-state index < -0.39 is 0 Å². The maximum Gasteiger partial charge on any atom is 0.167 e. The standard InChI is InChI=1S/C13H17NO2/c1-9-7-10(3-4-12(9)16-2)13(15)11-5-6-14-8-11/h3-4,7,11,14H,5-6,8H2,1-2H3. The first-order valence-corrected chi connectivity index (χ1v) is 5.62. The van der Waals surface area contributed by atoms with Crippen LogP contribution in [0.2, 0.25) is 0 Å². The van der Waals surface area contributed by atoms with Crippen molar-refractivity contribution in [3.63, 3.8) is 0 Å². The maximum atomic E-state index is 12.1. The Morgan fingerprint density at radius 2 is 2.31 bits per heavy atom. The zero-order chi connectivity index (χ0) is 11.5. The number of methoxy groups -OCH3 is 1. The van der Waals surface area contributed by atoms with Crippen LogP contribution >= 0.6 is 0 Å². The molecule has 0 spiro atoms. The summed E-state index contributed by atoms with van der Waals surface area (Å²) >= 11 is 0. The summed E-state index contributed by atoms with van der Waals surface area (Å²) in [5.74, 6) is 1.23. The molecule has 1 N–H and O–H groups in total. The summed E-state index contributed by atoms with van der Waals surface area (Å²) in [5.41, 5.74) is 1.81. The van der Waals surface area contributed by atoms with Crippen LogP contribution in [0.1, 0.15) is 22.3 Å². The lowest BCUT2D eigenvalue weighted by molar-refractivity contribution is 0.0930. The highest BCUT2D eigenvalue weighted by Gasteiger charge is 2.23. The number of aryl methyl sites for hydroxylation is 1. The van der Waals surface area contributed by atoms with E-state index in [-0.39, 0.29) is 11.7 Å². The van der Waals surface area contributed by atoms with Crippen LogP contribution in [-0.4, -0.2) is 26.0 Å². The molecule has 1 aromatic rings. The molecule has 0 aliphatic carbocycles. The number of ketones is 1. The zero-order valence-corrected chi connectivity index (χ0v) is 9.75. The molecule has 3 nitrogen and oxygen atoms in total. The second kappa shape index (κ2) is 4.66. The molecule has 0 saturated carbocycles. The van der Waals surface area contributed by atoms with Crippen molar-refractivity contribution in [3.05, 3.63) is 29.3 Å². The predicted octanol–water partition coefficient (Wildman–Crippen LogP) is 1.80. The highest BCUT2D eigenvalue weighted by Crippen LogP contribution is 2.22. The number of hydrogen-bond donors (Lipinski definition) is 1. The highest BCUT2D eigenvalue weighted by atomic mass is 16.5. The van der Waals surface area contributed by atoms with Crippen molar-refractivity contribution in [1.82, 2.24) is 5.32 Å². The fraction of sp³-hybridized carbons (Fsp3) is 0.462. The molecule has 0 aromatic heterocycles. The van der Waals surface area contributed by atoms with Gasteiger partial charge in [0.25, 0.3) is 0 Å². The van der Waals surface area contributed by atoms with Gasteiger partial charge < -0.3 is 10.1 Å². The minimum absolute atomic E-state index is 0.146. The SMILES string of the molecule is COc1ccc(C(=O)C2CCNC2)cc1C. The second-order valence-corrected chi connectivity index (χ2v) is 4.24. The van der Waals surface area contributed by atoms with Crippen molar-refractivity contribution in [2.24, 2.45) is 5.92 Å². The predicted molar refractivity (Wildman–Crippen MR) is 63.0 cm³/mol. The first-order chi connectivity index (χ1) is 7.72. The number of nitrogens with one attached hydrogen (secondary N) is 1. The molecular weight excluding hydrogens is 202 g/mol. The molecule has 3 heteroatoms. The third-order valence-corrected chi connectivity index (χ3v) is 3.11. The van der Waals surface area contributed by atoms with E-state index >= 15 is 0 Å². The van der Waals surface area contributed by atoms with Gasteiger partial charge in [0.15, 0.2) is 5.78 Å². The van der Waals surface area contributed by atoms with Crippen LogP contribution in [-0.2, 0) is 0 Å². The Morgan fingerprint density at radius 1 is 1.50 bits per heavy atom. The summed E-state index contributed by atoms with van der Waals surface area (Å²) in [6, 6.07) is 5.64. The lowest BCUT2D eigenvalue weighted by Crippen LogP contribution is -2.18. The molecule has 1 fully saturated rings. The zero-order valence-electron chi connectivity index (χ0n) is 9.75. The molecule has 1 aliphatic heterocycles. The van der Waals surface area contributed by atoms with E-state index in [4.69, 9.17) is 4.74 Å². The van der Waals surface area contributed by atoms with Crippen LogP contribution in [0.3, 0.4) is 0 Å². The topological polar surface area (TPSA) is 38.3 Å². The minimum Gasteiger partial charge on any atom is -0.496 e. The fourth-order valence-corrected chi connectivity index (χ4v) is 2.15. The van der Waals surface area contributed by atoms with Crippen molar-refractivity contribution < 1.29 is 9.53 Å². The van der Waals surface area contributed by atoms with E-state index in [1.54, 1.807) is 7.11 Å².